The number of nitrogens with two attached hydrogens (primary N) is 2. The van der Waals surface area contributed by atoms with Crippen molar-refractivity contribution >= 4 is 16.1 Å². The van der Waals surface area contributed by atoms with Gasteiger partial charge in [-0.1, -0.05) is 13.3 Å². The van der Waals surface area contributed by atoms with Crippen LogP contribution in [0, 0.1) is 5.92 Å². The molecule has 0 aliphatic carbocycles. The molecule has 1 fully saturated rings. The summed E-state index contributed by atoms with van der Waals surface area (Å²) in [6, 6.07) is -0.449. The highest BCUT2D eigenvalue weighted by atomic mass is 32.2. The quantitative estimate of drug-likeness (QED) is 0.590. The van der Waals surface area contributed by atoms with E-state index in [1.807, 2.05) is 6.92 Å². The van der Waals surface area contributed by atoms with E-state index >= 15 is 0 Å². The summed E-state index contributed by atoms with van der Waals surface area (Å²) in [7, 11) is -3.66. The van der Waals surface area contributed by atoms with Crippen LogP contribution in [0.4, 0.5) is 0 Å². The lowest BCUT2D eigenvalue weighted by atomic mass is 9.97. The van der Waals surface area contributed by atoms with Crippen molar-refractivity contribution in [2.45, 2.75) is 38.6 Å². The number of likely N-dealkylation sites (tertiary alicyclic amines) is 1. The van der Waals surface area contributed by atoms with E-state index in [2.05, 4.69) is 4.72 Å². The number of carbonyl (C=O) groups is 1. The van der Waals surface area contributed by atoms with Crippen LogP contribution in [0.1, 0.15) is 32.6 Å². The summed E-state index contributed by atoms with van der Waals surface area (Å²) < 4.78 is 24.0. The van der Waals surface area contributed by atoms with Crippen LogP contribution in [0.5, 0.6) is 0 Å². The van der Waals surface area contributed by atoms with E-state index < -0.39 is 16.3 Å². The van der Waals surface area contributed by atoms with Crippen LogP contribution in [0.15, 0.2) is 0 Å². The minimum absolute atomic E-state index is 0.0397. The van der Waals surface area contributed by atoms with Gasteiger partial charge >= 0.3 is 0 Å². The first-order valence-corrected chi connectivity index (χ1v) is 8.20. The molecule has 1 unspecified atom stereocenters. The van der Waals surface area contributed by atoms with Crippen LogP contribution < -0.4 is 15.6 Å². The van der Waals surface area contributed by atoms with Gasteiger partial charge in [0.05, 0.1) is 6.04 Å². The second kappa shape index (κ2) is 7.18. The van der Waals surface area contributed by atoms with Crippen LogP contribution in [0.25, 0.3) is 0 Å². The fourth-order valence-electron chi connectivity index (χ4n) is 2.33. The van der Waals surface area contributed by atoms with Gasteiger partial charge in [0.2, 0.25) is 5.91 Å². The summed E-state index contributed by atoms with van der Waals surface area (Å²) in [5, 5.41) is 4.90. The molecular formula is C11H24N4O3S. The Morgan fingerprint density at radius 1 is 1.53 bits per heavy atom. The third-order valence-corrected chi connectivity index (χ3v) is 3.89. The molecule has 19 heavy (non-hydrogen) atoms. The zero-order valence-electron chi connectivity index (χ0n) is 11.3. The van der Waals surface area contributed by atoms with Crippen LogP contribution in [-0.2, 0) is 15.0 Å². The number of amides is 1. The molecule has 7 nitrogen and oxygen atoms in total. The Balaban J connectivity index is 2.47. The number of carbonyl (C=O) groups excluding carboxylic acids is 1. The van der Waals surface area contributed by atoms with Gasteiger partial charge in [0, 0.05) is 19.6 Å². The largest absolute Gasteiger partial charge is 0.341 e. The van der Waals surface area contributed by atoms with Crippen molar-refractivity contribution < 1.29 is 13.2 Å². The average molecular weight is 292 g/mol. The maximum atomic E-state index is 12.1. The van der Waals surface area contributed by atoms with Crippen LogP contribution in [-0.4, -0.2) is 44.9 Å². The molecule has 0 bridgehead atoms. The molecule has 0 aromatic rings. The van der Waals surface area contributed by atoms with E-state index in [1.165, 1.54) is 0 Å². The van der Waals surface area contributed by atoms with Gasteiger partial charge in [0.1, 0.15) is 0 Å². The molecule has 0 aromatic heterocycles. The number of piperidine rings is 1. The first kappa shape index (κ1) is 16.4. The van der Waals surface area contributed by atoms with E-state index in [9.17, 15) is 13.2 Å². The second-order valence-electron chi connectivity index (χ2n) is 5.08. The topological polar surface area (TPSA) is 119 Å². The fraction of sp³-hybridized carbons (Fsp3) is 0.909. The summed E-state index contributed by atoms with van der Waals surface area (Å²) in [5.41, 5.74) is 5.82. The lowest BCUT2D eigenvalue weighted by molar-refractivity contribution is -0.134. The minimum atomic E-state index is -3.66. The smallest absolute Gasteiger partial charge is 0.274 e. The Hall–Kier alpha value is -0.700. The van der Waals surface area contributed by atoms with E-state index in [0.717, 1.165) is 19.3 Å². The fourth-order valence-corrected chi connectivity index (χ4v) is 2.80. The van der Waals surface area contributed by atoms with Crippen LogP contribution in [0.2, 0.25) is 0 Å². The highest BCUT2D eigenvalue weighted by Gasteiger charge is 2.27. The number of nitrogens with one attached hydrogen (secondary N) is 1. The SMILES string of the molecule is CCC[C@H](N)C(=O)N1CCCC(CNS(N)(=O)=O)C1. The number of nitrogens with zero attached hydrogens (tertiary/aromatic N) is 1. The molecular weight excluding hydrogens is 268 g/mol. The van der Waals surface area contributed by atoms with Crippen molar-refractivity contribution in [1.29, 1.82) is 0 Å². The Morgan fingerprint density at radius 2 is 2.21 bits per heavy atom. The molecule has 8 heteroatoms. The van der Waals surface area contributed by atoms with Crippen molar-refractivity contribution in [3.05, 3.63) is 0 Å². The number of hydrogen-bond donors (Lipinski definition) is 3. The van der Waals surface area contributed by atoms with Gasteiger partial charge in [-0.25, -0.2) is 9.86 Å². The average Bonchev–Trinajstić information content (AvgIpc) is 2.35. The van der Waals surface area contributed by atoms with Gasteiger partial charge in [-0.15, -0.1) is 0 Å². The molecule has 5 N–H and O–H groups in total. The third kappa shape index (κ3) is 5.85. The monoisotopic (exact) mass is 292 g/mol. The zero-order valence-corrected chi connectivity index (χ0v) is 12.2. The van der Waals surface area contributed by atoms with Gasteiger partial charge in [0.25, 0.3) is 10.2 Å². The first-order valence-electron chi connectivity index (χ1n) is 6.65. The van der Waals surface area contributed by atoms with Crippen molar-refractivity contribution in [3.8, 4) is 0 Å². The second-order valence-corrected chi connectivity index (χ2v) is 6.46. The summed E-state index contributed by atoms with van der Waals surface area (Å²) in [5.74, 6) is 0.0620. The molecule has 2 atom stereocenters. The van der Waals surface area contributed by atoms with Crippen molar-refractivity contribution in [2.24, 2.45) is 16.8 Å². The lowest BCUT2D eigenvalue weighted by Gasteiger charge is -2.34. The highest BCUT2D eigenvalue weighted by molar-refractivity contribution is 7.87. The van der Waals surface area contributed by atoms with Gasteiger partial charge in [-0.05, 0) is 25.2 Å². The minimum Gasteiger partial charge on any atom is -0.341 e. The van der Waals surface area contributed by atoms with E-state index in [1.54, 1.807) is 4.90 Å². The van der Waals surface area contributed by atoms with E-state index in [-0.39, 0.29) is 18.4 Å². The normalized spacial score (nSPS) is 22.3. The molecule has 1 saturated heterocycles. The van der Waals surface area contributed by atoms with Gasteiger partial charge < -0.3 is 10.6 Å². The third-order valence-electron chi connectivity index (χ3n) is 3.32. The maximum Gasteiger partial charge on any atom is 0.274 e. The molecule has 0 aromatic carbocycles. The Bertz CT molecular complexity index is 399. The van der Waals surface area contributed by atoms with Gasteiger partial charge in [-0.3, -0.25) is 4.79 Å². The standard InChI is InChI=1S/C11H24N4O3S/c1-2-4-10(12)11(16)15-6-3-5-9(8-15)7-14-19(13,17)18/h9-10,14H,2-8,12H2,1H3,(H2,13,17,18)/t9?,10-/m0/s1. The highest BCUT2D eigenvalue weighted by Crippen LogP contribution is 2.17. The predicted molar refractivity (Wildman–Crippen MR) is 73.3 cm³/mol. The van der Waals surface area contributed by atoms with Gasteiger partial charge in [0.15, 0.2) is 0 Å². The van der Waals surface area contributed by atoms with Crippen molar-refractivity contribution in [1.82, 2.24) is 9.62 Å². The van der Waals surface area contributed by atoms with Crippen LogP contribution in [0.3, 0.4) is 0 Å². The molecule has 1 aliphatic rings. The predicted octanol–water partition coefficient (Wildman–Crippen LogP) is -0.854. The summed E-state index contributed by atoms with van der Waals surface area (Å²) in [6.07, 6.45) is 3.30. The molecule has 1 amide bonds. The molecule has 1 rings (SSSR count). The molecule has 0 saturated carbocycles. The summed E-state index contributed by atoms with van der Waals surface area (Å²) in [4.78, 5) is 13.8. The number of hydrogen-bond acceptors (Lipinski definition) is 4. The summed E-state index contributed by atoms with van der Waals surface area (Å²) in [6.45, 7) is 3.49. The molecule has 1 aliphatic heterocycles. The molecule has 0 spiro atoms. The molecule has 0 radical (unpaired) electrons. The zero-order chi connectivity index (χ0) is 14.5. The molecule has 112 valence electrons. The number of rotatable bonds is 6. The van der Waals surface area contributed by atoms with Crippen molar-refractivity contribution in [2.75, 3.05) is 19.6 Å². The molecule has 1 heterocycles. The van der Waals surface area contributed by atoms with E-state index in [0.29, 0.717) is 19.5 Å². The maximum absolute atomic E-state index is 12.1. The van der Waals surface area contributed by atoms with Crippen molar-refractivity contribution in [3.63, 3.8) is 0 Å². The Labute approximate surface area is 114 Å². The van der Waals surface area contributed by atoms with Gasteiger partial charge in [-0.2, -0.15) is 8.42 Å². The lowest BCUT2D eigenvalue weighted by Crippen LogP contribution is -2.49. The van der Waals surface area contributed by atoms with E-state index in [4.69, 9.17) is 10.9 Å². The van der Waals surface area contributed by atoms with Crippen LogP contribution >= 0.6 is 0 Å². The Morgan fingerprint density at radius 3 is 2.79 bits per heavy atom. The first-order chi connectivity index (χ1) is 8.83. The summed E-state index contributed by atoms with van der Waals surface area (Å²) >= 11 is 0. The Kier molecular flexibility index (Phi) is 6.18.